The Bertz CT molecular complexity index is 66.8. The zero-order valence-electron chi connectivity index (χ0n) is 5.72. The van der Waals surface area contributed by atoms with E-state index in [0.29, 0.717) is 0 Å². The molecule has 0 amide bonds. The van der Waals surface area contributed by atoms with Gasteiger partial charge in [0.2, 0.25) is 0 Å². The van der Waals surface area contributed by atoms with Crippen molar-refractivity contribution in [3.05, 3.63) is 12.3 Å². The molecule has 1 heteroatoms. The summed E-state index contributed by atoms with van der Waals surface area (Å²) in [4.78, 5) is 0. The van der Waals surface area contributed by atoms with Crippen LogP contribution in [0, 0.1) is 5.92 Å². The summed E-state index contributed by atoms with van der Waals surface area (Å²) in [6, 6.07) is 0. The van der Waals surface area contributed by atoms with Gasteiger partial charge in [0.15, 0.2) is 0 Å². The third-order valence-electron chi connectivity index (χ3n) is 1.37. The van der Waals surface area contributed by atoms with E-state index in [-0.39, 0.29) is 0 Å². The van der Waals surface area contributed by atoms with Gasteiger partial charge in [-0.1, -0.05) is 26.3 Å². The van der Waals surface area contributed by atoms with E-state index in [1.165, 1.54) is 6.42 Å². The summed E-state index contributed by atoms with van der Waals surface area (Å²) in [5.74, 6) is 0.787. The van der Waals surface area contributed by atoms with Gasteiger partial charge >= 0.3 is 0 Å². The molecule has 0 unspecified atom stereocenters. The van der Waals surface area contributed by atoms with Crippen LogP contribution in [-0.2, 0) is 0 Å². The first kappa shape index (κ1) is 7.54. The van der Waals surface area contributed by atoms with Crippen molar-refractivity contribution < 1.29 is 0 Å². The van der Waals surface area contributed by atoms with Crippen molar-refractivity contribution >= 4 is 0 Å². The topological polar surface area (TPSA) is 26.0 Å². The lowest BCUT2D eigenvalue weighted by atomic mass is 10.1. The molecule has 0 saturated heterocycles. The first-order valence-electron chi connectivity index (χ1n) is 3.18. The van der Waals surface area contributed by atoms with Crippen molar-refractivity contribution in [1.82, 2.24) is 0 Å². The standard InChI is InChI=1S/C7H15N/c1-3-7(2)5-4-6-8/h4,6-7H,3,5,8H2,1-2H3/t7-/m0/s1. The lowest BCUT2D eigenvalue weighted by molar-refractivity contribution is 0.571. The van der Waals surface area contributed by atoms with Crippen LogP contribution in [0.15, 0.2) is 12.3 Å². The van der Waals surface area contributed by atoms with Gasteiger partial charge in [0.05, 0.1) is 0 Å². The second-order valence-electron chi connectivity index (χ2n) is 2.18. The van der Waals surface area contributed by atoms with Crippen LogP contribution in [0.4, 0.5) is 0 Å². The Morgan fingerprint density at radius 1 is 1.62 bits per heavy atom. The van der Waals surface area contributed by atoms with Crippen LogP contribution in [0.5, 0.6) is 0 Å². The number of rotatable bonds is 3. The highest BCUT2D eigenvalue weighted by atomic mass is 14.5. The van der Waals surface area contributed by atoms with E-state index in [0.717, 1.165) is 12.3 Å². The van der Waals surface area contributed by atoms with Crippen LogP contribution in [0.1, 0.15) is 26.7 Å². The van der Waals surface area contributed by atoms with Crippen LogP contribution in [0.2, 0.25) is 0 Å². The van der Waals surface area contributed by atoms with Crippen molar-refractivity contribution in [1.29, 1.82) is 0 Å². The average molecular weight is 113 g/mol. The van der Waals surface area contributed by atoms with E-state index >= 15 is 0 Å². The van der Waals surface area contributed by atoms with Gasteiger partial charge in [0.1, 0.15) is 0 Å². The summed E-state index contributed by atoms with van der Waals surface area (Å²) in [5, 5.41) is 0. The highest BCUT2D eigenvalue weighted by molar-refractivity contribution is 4.77. The first-order chi connectivity index (χ1) is 3.81. The van der Waals surface area contributed by atoms with Crippen LogP contribution in [-0.4, -0.2) is 0 Å². The summed E-state index contributed by atoms with van der Waals surface area (Å²) in [6.45, 7) is 4.41. The second kappa shape index (κ2) is 4.69. The van der Waals surface area contributed by atoms with Crippen LogP contribution < -0.4 is 5.73 Å². The molecule has 0 aromatic heterocycles. The Balaban J connectivity index is 3.10. The smallest absolute Gasteiger partial charge is 0.0103 e. The SMILES string of the molecule is CC[C@H](C)CC=CN. The predicted octanol–water partition coefficient (Wildman–Crippen LogP) is 1.90. The highest BCUT2D eigenvalue weighted by Gasteiger charge is 1.91. The molecule has 2 N–H and O–H groups in total. The minimum Gasteiger partial charge on any atom is -0.405 e. The fraction of sp³-hybridized carbons (Fsp3) is 0.714. The van der Waals surface area contributed by atoms with Crippen molar-refractivity contribution in [3.8, 4) is 0 Å². The summed E-state index contributed by atoms with van der Waals surface area (Å²) in [5.41, 5.74) is 5.15. The minimum atomic E-state index is 0.787. The molecular formula is C7H15N. The second-order valence-corrected chi connectivity index (χ2v) is 2.18. The number of allylic oxidation sites excluding steroid dienone is 1. The van der Waals surface area contributed by atoms with Gasteiger partial charge in [-0.05, 0) is 18.5 Å². The molecule has 0 aliphatic carbocycles. The normalized spacial score (nSPS) is 14.8. The molecule has 48 valence electrons. The van der Waals surface area contributed by atoms with Gasteiger partial charge in [-0.2, -0.15) is 0 Å². The number of hydrogen-bond donors (Lipinski definition) is 1. The third kappa shape index (κ3) is 3.72. The molecule has 0 rings (SSSR count). The van der Waals surface area contributed by atoms with Crippen LogP contribution in [0.3, 0.4) is 0 Å². The molecule has 0 aliphatic heterocycles. The minimum absolute atomic E-state index is 0.787. The van der Waals surface area contributed by atoms with Gasteiger partial charge < -0.3 is 5.73 Å². The summed E-state index contributed by atoms with van der Waals surface area (Å²) >= 11 is 0. The lowest BCUT2D eigenvalue weighted by Crippen LogP contribution is -1.88. The molecule has 0 aromatic rings. The molecule has 0 fully saturated rings. The zero-order chi connectivity index (χ0) is 6.41. The Labute approximate surface area is 51.6 Å². The maximum Gasteiger partial charge on any atom is -0.0103 e. The Hall–Kier alpha value is -0.460. The van der Waals surface area contributed by atoms with E-state index < -0.39 is 0 Å². The quantitative estimate of drug-likeness (QED) is 0.594. The zero-order valence-corrected chi connectivity index (χ0v) is 5.72. The van der Waals surface area contributed by atoms with E-state index in [4.69, 9.17) is 5.73 Å². The van der Waals surface area contributed by atoms with Crippen LogP contribution in [0.25, 0.3) is 0 Å². The molecule has 0 aromatic carbocycles. The summed E-state index contributed by atoms with van der Waals surface area (Å²) < 4.78 is 0. The molecule has 0 spiro atoms. The Morgan fingerprint density at radius 3 is 2.62 bits per heavy atom. The maximum atomic E-state index is 5.15. The molecule has 8 heavy (non-hydrogen) atoms. The largest absolute Gasteiger partial charge is 0.405 e. The van der Waals surface area contributed by atoms with E-state index in [9.17, 15) is 0 Å². The molecule has 1 nitrogen and oxygen atoms in total. The fourth-order valence-corrected chi connectivity index (χ4v) is 0.478. The Kier molecular flexibility index (Phi) is 4.42. The third-order valence-corrected chi connectivity index (χ3v) is 1.37. The van der Waals surface area contributed by atoms with Crippen molar-refractivity contribution in [2.75, 3.05) is 0 Å². The van der Waals surface area contributed by atoms with Gasteiger partial charge in [0, 0.05) is 0 Å². The van der Waals surface area contributed by atoms with E-state index in [2.05, 4.69) is 13.8 Å². The predicted molar refractivity (Wildman–Crippen MR) is 37.4 cm³/mol. The molecule has 0 saturated carbocycles. The highest BCUT2D eigenvalue weighted by Crippen LogP contribution is 2.05. The van der Waals surface area contributed by atoms with Crippen molar-refractivity contribution in [2.45, 2.75) is 26.7 Å². The first-order valence-corrected chi connectivity index (χ1v) is 3.18. The monoisotopic (exact) mass is 113 g/mol. The summed E-state index contributed by atoms with van der Waals surface area (Å²) in [7, 11) is 0. The average Bonchev–Trinajstić information content (AvgIpc) is 1.83. The Morgan fingerprint density at radius 2 is 2.25 bits per heavy atom. The van der Waals surface area contributed by atoms with Gasteiger partial charge in [0.25, 0.3) is 0 Å². The van der Waals surface area contributed by atoms with Gasteiger partial charge in [-0.3, -0.25) is 0 Å². The van der Waals surface area contributed by atoms with E-state index in [1.54, 1.807) is 6.20 Å². The molecule has 0 heterocycles. The number of nitrogens with two attached hydrogens (primary N) is 1. The molecule has 0 bridgehead atoms. The molecule has 1 atom stereocenters. The maximum absolute atomic E-state index is 5.15. The lowest BCUT2D eigenvalue weighted by Gasteiger charge is -2.00. The van der Waals surface area contributed by atoms with E-state index in [1.807, 2.05) is 6.08 Å². The van der Waals surface area contributed by atoms with Gasteiger partial charge in [-0.15, -0.1) is 0 Å². The number of hydrogen-bond acceptors (Lipinski definition) is 1. The molecular weight excluding hydrogens is 98.1 g/mol. The van der Waals surface area contributed by atoms with Crippen molar-refractivity contribution in [2.24, 2.45) is 11.7 Å². The summed E-state index contributed by atoms with van der Waals surface area (Å²) in [6.07, 6.45) is 5.98. The fourth-order valence-electron chi connectivity index (χ4n) is 0.478. The van der Waals surface area contributed by atoms with Gasteiger partial charge in [-0.25, -0.2) is 0 Å². The molecule has 0 radical (unpaired) electrons. The van der Waals surface area contributed by atoms with Crippen molar-refractivity contribution in [3.63, 3.8) is 0 Å². The molecule has 0 aliphatic rings. The van der Waals surface area contributed by atoms with Crippen LogP contribution >= 0.6 is 0 Å².